The highest BCUT2D eigenvalue weighted by Crippen LogP contribution is 2.30. The van der Waals surface area contributed by atoms with E-state index in [4.69, 9.17) is 10.7 Å². The predicted molar refractivity (Wildman–Crippen MR) is 169 cm³/mol. The number of aryl methyl sites for hydroxylation is 1. The third-order valence-corrected chi connectivity index (χ3v) is 7.41. The van der Waals surface area contributed by atoms with Gasteiger partial charge in [-0.15, -0.1) is 11.3 Å². The standard InChI is InChI=1S/C34H36N4S/c1-5-12-30(32-15-11-18-39-32)34-24(4)37-33(38-34)21-29-20-28(16-17-31(29)35)27(7-3)19-25(6-2)22-36-23-26-13-9-8-10-14-26/h5-20,36H,1-2,21-23,35H2,3-4H3,(H,37,38)/b25-19+,27-7+,30-12-. The van der Waals surface area contributed by atoms with Crippen molar-refractivity contribution in [2.45, 2.75) is 26.8 Å². The molecule has 2 heterocycles. The van der Waals surface area contributed by atoms with Crippen molar-refractivity contribution >= 4 is 28.2 Å². The van der Waals surface area contributed by atoms with Gasteiger partial charge in [0.15, 0.2) is 0 Å². The zero-order chi connectivity index (χ0) is 27.6. The van der Waals surface area contributed by atoms with E-state index in [-0.39, 0.29) is 0 Å². The van der Waals surface area contributed by atoms with Gasteiger partial charge < -0.3 is 16.0 Å². The minimum atomic E-state index is 0.611. The molecule has 2 aromatic carbocycles. The van der Waals surface area contributed by atoms with Gasteiger partial charge in [0, 0.05) is 41.3 Å². The third kappa shape index (κ3) is 7.23. The topological polar surface area (TPSA) is 66.7 Å². The van der Waals surface area contributed by atoms with Gasteiger partial charge in [0.25, 0.3) is 0 Å². The fourth-order valence-electron chi connectivity index (χ4n) is 4.48. The molecular weight excluding hydrogens is 496 g/mol. The van der Waals surface area contributed by atoms with Crippen LogP contribution in [0.5, 0.6) is 0 Å². The number of aromatic nitrogens is 2. The van der Waals surface area contributed by atoms with Crippen LogP contribution in [-0.2, 0) is 13.0 Å². The molecule has 0 amide bonds. The molecule has 0 saturated carbocycles. The summed E-state index contributed by atoms with van der Waals surface area (Å²) in [5, 5.41) is 5.59. The summed E-state index contributed by atoms with van der Waals surface area (Å²) in [6.07, 6.45) is 10.7. The van der Waals surface area contributed by atoms with Crippen LogP contribution in [0.3, 0.4) is 0 Å². The molecule has 39 heavy (non-hydrogen) atoms. The summed E-state index contributed by atoms with van der Waals surface area (Å²) in [4.78, 5) is 9.61. The zero-order valence-electron chi connectivity index (χ0n) is 22.7. The first-order valence-electron chi connectivity index (χ1n) is 13.1. The van der Waals surface area contributed by atoms with Gasteiger partial charge in [-0.25, -0.2) is 4.98 Å². The molecule has 0 radical (unpaired) electrons. The molecule has 4 rings (SSSR count). The van der Waals surface area contributed by atoms with Crippen LogP contribution in [0.4, 0.5) is 5.69 Å². The van der Waals surface area contributed by atoms with Crippen LogP contribution in [0, 0.1) is 6.92 Å². The molecule has 0 aliphatic rings. The minimum Gasteiger partial charge on any atom is -0.398 e. The first kappa shape index (κ1) is 27.8. The summed E-state index contributed by atoms with van der Waals surface area (Å²) >= 11 is 1.69. The van der Waals surface area contributed by atoms with E-state index in [0.29, 0.717) is 6.42 Å². The number of imidazole rings is 1. The number of nitrogen functional groups attached to an aromatic ring is 1. The quantitative estimate of drug-likeness (QED) is 0.128. The van der Waals surface area contributed by atoms with Crippen LogP contribution >= 0.6 is 11.3 Å². The number of nitrogens with two attached hydrogens (primary N) is 1. The van der Waals surface area contributed by atoms with Crippen LogP contribution in [0.1, 0.15) is 45.7 Å². The van der Waals surface area contributed by atoms with E-state index in [2.05, 4.69) is 103 Å². The van der Waals surface area contributed by atoms with Crippen molar-refractivity contribution in [3.63, 3.8) is 0 Å². The van der Waals surface area contributed by atoms with Gasteiger partial charge in [0.2, 0.25) is 0 Å². The molecule has 4 N–H and O–H groups in total. The number of aromatic amines is 1. The molecule has 5 heteroatoms. The molecule has 0 atom stereocenters. The maximum Gasteiger partial charge on any atom is 0.111 e. The smallest absolute Gasteiger partial charge is 0.111 e. The van der Waals surface area contributed by atoms with Gasteiger partial charge in [-0.1, -0.05) is 86.0 Å². The van der Waals surface area contributed by atoms with Crippen LogP contribution in [-0.4, -0.2) is 16.5 Å². The summed E-state index contributed by atoms with van der Waals surface area (Å²) in [7, 11) is 0. The Labute approximate surface area is 236 Å². The highest BCUT2D eigenvalue weighted by molar-refractivity contribution is 7.11. The molecule has 0 aliphatic carbocycles. The fourth-order valence-corrected chi connectivity index (χ4v) is 5.23. The molecule has 0 spiro atoms. The normalized spacial score (nSPS) is 12.5. The lowest BCUT2D eigenvalue weighted by Gasteiger charge is -2.11. The third-order valence-electron chi connectivity index (χ3n) is 6.51. The monoisotopic (exact) mass is 532 g/mol. The van der Waals surface area contributed by atoms with E-state index in [1.807, 2.05) is 30.4 Å². The average molecular weight is 533 g/mol. The van der Waals surface area contributed by atoms with Gasteiger partial charge in [-0.2, -0.15) is 0 Å². The Kier molecular flexibility index (Phi) is 9.68. The van der Waals surface area contributed by atoms with E-state index in [9.17, 15) is 0 Å². The number of nitrogens with one attached hydrogen (secondary N) is 2. The highest BCUT2D eigenvalue weighted by Gasteiger charge is 2.15. The SMILES string of the molecule is C=C/C=C(/c1cccs1)c1nc(Cc2cc(C(/C=C(\C=C)CNCc3ccccc3)=C/C)ccc2N)[nH]c1C. The van der Waals surface area contributed by atoms with Gasteiger partial charge in [0.05, 0.1) is 5.69 Å². The minimum absolute atomic E-state index is 0.611. The molecule has 0 fully saturated rings. The van der Waals surface area contributed by atoms with E-state index >= 15 is 0 Å². The van der Waals surface area contributed by atoms with E-state index < -0.39 is 0 Å². The van der Waals surface area contributed by atoms with Crippen LogP contribution in [0.15, 0.2) is 115 Å². The number of benzene rings is 2. The van der Waals surface area contributed by atoms with Crippen LogP contribution < -0.4 is 11.1 Å². The Morgan fingerprint density at radius 1 is 1.10 bits per heavy atom. The predicted octanol–water partition coefficient (Wildman–Crippen LogP) is 7.88. The van der Waals surface area contributed by atoms with Crippen molar-refractivity contribution in [1.29, 1.82) is 0 Å². The fraction of sp³-hybridized carbons (Fsp3) is 0.147. The van der Waals surface area contributed by atoms with E-state index in [1.165, 1.54) is 10.4 Å². The number of allylic oxidation sites excluding steroid dienone is 5. The van der Waals surface area contributed by atoms with Crippen molar-refractivity contribution in [3.8, 4) is 0 Å². The summed E-state index contributed by atoms with van der Waals surface area (Å²) in [5.74, 6) is 0.882. The van der Waals surface area contributed by atoms with Crippen molar-refractivity contribution in [3.05, 3.63) is 154 Å². The second-order valence-corrected chi connectivity index (χ2v) is 10.2. The number of rotatable bonds is 12. The molecule has 0 saturated heterocycles. The molecule has 0 unspecified atom stereocenters. The lowest BCUT2D eigenvalue weighted by molar-refractivity contribution is 0.747. The first-order valence-corrected chi connectivity index (χ1v) is 14.0. The highest BCUT2D eigenvalue weighted by atomic mass is 32.1. The average Bonchev–Trinajstić information content (AvgIpc) is 3.61. The van der Waals surface area contributed by atoms with Crippen molar-refractivity contribution < 1.29 is 0 Å². The van der Waals surface area contributed by atoms with Crippen LogP contribution in [0.25, 0.3) is 11.1 Å². The van der Waals surface area contributed by atoms with Crippen molar-refractivity contribution in [2.75, 3.05) is 12.3 Å². The lowest BCUT2D eigenvalue weighted by atomic mass is 9.98. The van der Waals surface area contributed by atoms with Gasteiger partial charge in [-0.3, -0.25) is 0 Å². The maximum atomic E-state index is 6.43. The molecule has 0 aliphatic heterocycles. The number of anilines is 1. The molecule has 4 aromatic rings. The Morgan fingerprint density at radius 2 is 1.92 bits per heavy atom. The molecule has 2 aromatic heterocycles. The number of nitrogens with zero attached hydrogens (tertiary/aromatic N) is 1. The number of thiophene rings is 1. The number of hydrogen-bond acceptors (Lipinski definition) is 4. The lowest BCUT2D eigenvalue weighted by Crippen LogP contribution is -2.15. The molecular formula is C34H36N4S. The maximum absolute atomic E-state index is 6.43. The van der Waals surface area contributed by atoms with Crippen molar-refractivity contribution in [2.24, 2.45) is 0 Å². The van der Waals surface area contributed by atoms with Crippen molar-refractivity contribution in [1.82, 2.24) is 15.3 Å². The summed E-state index contributed by atoms with van der Waals surface area (Å²) in [5.41, 5.74) is 15.9. The van der Waals surface area contributed by atoms with Crippen LogP contribution in [0.2, 0.25) is 0 Å². The Bertz CT molecular complexity index is 1500. The molecule has 198 valence electrons. The Morgan fingerprint density at radius 3 is 2.62 bits per heavy atom. The van der Waals surface area contributed by atoms with Gasteiger partial charge >= 0.3 is 0 Å². The second-order valence-electron chi connectivity index (χ2n) is 9.30. The Balaban J connectivity index is 1.53. The van der Waals surface area contributed by atoms with E-state index in [0.717, 1.165) is 63.8 Å². The molecule has 4 nitrogen and oxygen atoms in total. The van der Waals surface area contributed by atoms with Gasteiger partial charge in [-0.05, 0) is 65.3 Å². The zero-order valence-corrected chi connectivity index (χ0v) is 23.5. The largest absolute Gasteiger partial charge is 0.398 e. The second kappa shape index (κ2) is 13.6. The van der Waals surface area contributed by atoms with Gasteiger partial charge in [0.1, 0.15) is 5.82 Å². The summed E-state index contributed by atoms with van der Waals surface area (Å²) < 4.78 is 0. The number of H-pyrrole nitrogens is 1. The molecule has 0 bridgehead atoms. The summed E-state index contributed by atoms with van der Waals surface area (Å²) in [6.45, 7) is 13.6. The first-order chi connectivity index (χ1) is 19.0. The number of hydrogen-bond donors (Lipinski definition) is 3. The summed E-state index contributed by atoms with van der Waals surface area (Å²) in [6, 6.07) is 20.8. The van der Waals surface area contributed by atoms with E-state index in [1.54, 1.807) is 11.3 Å². The Hall–Kier alpha value is -4.19.